The average Bonchev–Trinajstić information content (AvgIpc) is 2.59. The number of carbonyl (C=O) groups excluding carboxylic acids is 1. The van der Waals surface area contributed by atoms with Crippen LogP contribution in [0.5, 0.6) is 11.5 Å². The number of nitrogens with zero attached hydrogens (tertiary/aromatic N) is 1. The van der Waals surface area contributed by atoms with E-state index in [0.717, 1.165) is 26.2 Å². The Labute approximate surface area is 149 Å². The topological polar surface area (TPSA) is 38.8 Å². The Balaban J connectivity index is 1.86. The third kappa shape index (κ3) is 3.44. The van der Waals surface area contributed by atoms with Crippen LogP contribution in [0.2, 0.25) is 0 Å². The van der Waals surface area contributed by atoms with E-state index in [0.29, 0.717) is 26.3 Å². The van der Waals surface area contributed by atoms with Gasteiger partial charge in [0.1, 0.15) is 13.2 Å². The van der Waals surface area contributed by atoms with Gasteiger partial charge in [-0.1, -0.05) is 24.3 Å². The number of carbonyl (C=O) groups is 1. The quantitative estimate of drug-likeness (QED) is 0.704. The Morgan fingerprint density at radius 2 is 1.91 bits per heavy atom. The molecule has 0 radical (unpaired) electrons. The van der Waals surface area contributed by atoms with Crippen LogP contribution in [-0.4, -0.2) is 30.6 Å². The van der Waals surface area contributed by atoms with E-state index in [2.05, 4.69) is 22.6 Å². The number of fused-ring (bicyclic) bond motifs is 1. The summed E-state index contributed by atoms with van der Waals surface area (Å²) in [6, 6.07) is 13.5. The van der Waals surface area contributed by atoms with Gasteiger partial charge in [0, 0.05) is 22.2 Å². The van der Waals surface area contributed by atoms with Gasteiger partial charge in [0.05, 0.1) is 5.56 Å². The van der Waals surface area contributed by atoms with Crippen LogP contribution >= 0.6 is 22.6 Å². The van der Waals surface area contributed by atoms with Gasteiger partial charge in [-0.05, 0) is 47.7 Å². The molecule has 0 bridgehead atoms. The van der Waals surface area contributed by atoms with Crippen molar-refractivity contribution >= 4 is 28.5 Å². The van der Waals surface area contributed by atoms with E-state index in [1.165, 1.54) is 0 Å². The highest BCUT2D eigenvalue weighted by molar-refractivity contribution is 14.1. The van der Waals surface area contributed by atoms with Gasteiger partial charge < -0.3 is 14.4 Å². The van der Waals surface area contributed by atoms with E-state index >= 15 is 0 Å². The molecular weight excluding hydrogens is 405 g/mol. The predicted molar refractivity (Wildman–Crippen MR) is 97.0 cm³/mol. The third-order valence-electron chi connectivity index (χ3n) is 3.78. The fourth-order valence-electron chi connectivity index (χ4n) is 2.60. The zero-order valence-corrected chi connectivity index (χ0v) is 15.1. The number of rotatable bonds is 4. The van der Waals surface area contributed by atoms with Crippen molar-refractivity contribution in [1.82, 2.24) is 4.90 Å². The van der Waals surface area contributed by atoms with Crippen molar-refractivity contribution in [1.29, 1.82) is 0 Å². The molecule has 0 saturated heterocycles. The van der Waals surface area contributed by atoms with Crippen molar-refractivity contribution < 1.29 is 14.3 Å². The largest absolute Gasteiger partial charge is 0.486 e. The number of hydrogen-bond donors (Lipinski definition) is 0. The van der Waals surface area contributed by atoms with Gasteiger partial charge in [0.2, 0.25) is 0 Å². The van der Waals surface area contributed by atoms with Crippen LogP contribution in [0.4, 0.5) is 0 Å². The van der Waals surface area contributed by atoms with E-state index in [1.54, 1.807) is 0 Å². The molecule has 1 heterocycles. The first kappa shape index (κ1) is 16.1. The van der Waals surface area contributed by atoms with Crippen molar-refractivity contribution in [2.24, 2.45) is 0 Å². The molecule has 0 unspecified atom stereocenters. The van der Waals surface area contributed by atoms with Crippen LogP contribution in [0.25, 0.3) is 0 Å². The molecule has 3 rings (SSSR count). The van der Waals surface area contributed by atoms with E-state index in [-0.39, 0.29) is 5.91 Å². The number of para-hydroxylation sites is 1. The molecule has 4 nitrogen and oxygen atoms in total. The third-order valence-corrected chi connectivity index (χ3v) is 4.72. The van der Waals surface area contributed by atoms with Crippen LogP contribution in [0.3, 0.4) is 0 Å². The Bertz CT molecular complexity index is 717. The Kier molecular flexibility index (Phi) is 5.05. The molecule has 0 aliphatic carbocycles. The molecule has 0 fully saturated rings. The molecular formula is C18H18INO3. The highest BCUT2D eigenvalue weighted by Gasteiger charge is 2.21. The molecule has 0 spiro atoms. The maximum absolute atomic E-state index is 12.8. The zero-order chi connectivity index (χ0) is 16.2. The molecule has 1 amide bonds. The number of halogens is 1. The lowest BCUT2D eigenvalue weighted by Gasteiger charge is -2.25. The van der Waals surface area contributed by atoms with Crippen molar-refractivity contribution in [3.8, 4) is 11.5 Å². The number of hydrogen-bond acceptors (Lipinski definition) is 3. The average molecular weight is 423 g/mol. The summed E-state index contributed by atoms with van der Waals surface area (Å²) in [6.45, 7) is 4.23. The maximum atomic E-state index is 12.8. The molecule has 0 aromatic heterocycles. The summed E-state index contributed by atoms with van der Waals surface area (Å²) < 4.78 is 12.3. The van der Waals surface area contributed by atoms with Crippen LogP contribution in [0.1, 0.15) is 22.8 Å². The molecule has 1 aliphatic heterocycles. The highest BCUT2D eigenvalue weighted by Crippen LogP contribution is 2.34. The molecule has 5 heteroatoms. The second kappa shape index (κ2) is 7.21. The first-order valence-electron chi connectivity index (χ1n) is 7.62. The van der Waals surface area contributed by atoms with Gasteiger partial charge in [0.25, 0.3) is 5.91 Å². The fourth-order valence-corrected chi connectivity index (χ4v) is 3.21. The lowest BCUT2D eigenvalue weighted by Crippen LogP contribution is -2.31. The summed E-state index contributed by atoms with van der Waals surface area (Å²) >= 11 is 2.20. The molecule has 0 saturated carbocycles. The van der Waals surface area contributed by atoms with Crippen LogP contribution in [-0.2, 0) is 6.54 Å². The molecule has 120 valence electrons. The van der Waals surface area contributed by atoms with Gasteiger partial charge in [-0.25, -0.2) is 0 Å². The first-order valence-corrected chi connectivity index (χ1v) is 8.70. The zero-order valence-electron chi connectivity index (χ0n) is 12.9. The van der Waals surface area contributed by atoms with Gasteiger partial charge in [-0.2, -0.15) is 0 Å². The van der Waals surface area contributed by atoms with Crippen molar-refractivity contribution in [3.05, 3.63) is 57.2 Å². The second-order valence-electron chi connectivity index (χ2n) is 5.24. The van der Waals surface area contributed by atoms with Gasteiger partial charge in [0.15, 0.2) is 11.5 Å². The van der Waals surface area contributed by atoms with Crippen molar-refractivity contribution in [3.63, 3.8) is 0 Å². The summed E-state index contributed by atoms with van der Waals surface area (Å²) in [5.41, 5.74) is 1.71. The maximum Gasteiger partial charge on any atom is 0.255 e. The Morgan fingerprint density at radius 3 is 2.70 bits per heavy atom. The van der Waals surface area contributed by atoms with Crippen LogP contribution in [0, 0.1) is 3.57 Å². The van der Waals surface area contributed by atoms with E-state index in [9.17, 15) is 4.79 Å². The minimum atomic E-state index is 0.0341. The molecule has 0 N–H and O–H groups in total. The van der Waals surface area contributed by atoms with Crippen molar-refractivity contribution in [2.45, 2.75) is 13.5 Å². The number of benzene rings is 2. The Hall–Kier alpha value is -1.76. The summed E-state index contributed by atoms with van der Waals surface area (Å²) in [5.74, 6) is 1.55. The monoisotopic (exact) mass is 423 g/mol. The minimum Gasteiger partial charge on any atom is -0.486 e. The number of amides is 1. The lowest BCUT2D eigenvalue weighted by atomic mass is 10.1. The number of ether oxygens (including phenoxy) is 2. The van der Waals surface area contributed by atoms with Crippen LogP contribution in [0.15, 0.2) is 42.5 Å². The molecule has 0 atom stereocenters. The van der Waals surface area contributed by atoms with E-state index < -0.39 is 0 Å². The molecule has 1 aliphatic rings. The Morgan fingerprint density at radius 1 is 1.13 bits per heavy atom. The summed E-state index contributed by atoms with van der Waals surface area (Å²) in [4.78, 5) is 14.6. The van der Waals surface area contributed by atoms with E-state index in [1.807, 2.05) is 54.3 Å². The van der Waals surface area contributed by atoms with Crippen molar-refractivity contribution in [2.75, 3.05) is 19.8 Å². The normalized spacial score (nSPS) is 12.8. The molecule has 2 aromatic carbocycles. The molecule has 2 aromatic rings. The van der Waals surface area contributed by atoms with E-state index in [4.69, 9.17) is 9.47 Å². The first-order chi connectivity index (χ1) is 11.2. The van der Waals surface area contributed by atoms with Gasteiger partial charge in [-0.3, -0.25) is 4.79 Å². The minimum absolute atomic E-state index is 0.0341. The highest BCUT2D eigenvalue weighted by atomic mass is 127. The summed E-state index contributed by atoms with van der Waals surface area (Å²) in [7, 11) is 0. The standard InChI is InChI=1S/C18H18INO3/c1-2-20(18(21)14-7-3-4-8-15(14)19)12-13-6-5-9-16-17(13)23-11-10-22-16/h3-9H,2,10-12H2,1H3. The summed E-state index contributed by atoms with van der Waals surface area (Å²) in [5, 5.41) is 0. The lowest BCUT2D eigenvalue weighted by molar-refractivity contribution is 0.0748. The fraction of sp³-hybridized carbons (Fsp3) is 0.278. The van der Waals surface area contributed by atoms with Gasteiger partial charge in [-0.15, -0.1) is 0 Å². The predicted octanol–water partition coefficient (Wildman–Crippen LogP) is 3.72. The summed E-state index contributed by atoms with van der Waals surface area (Å²) in [6.07, 6.45) is 0. The second-order valence-corrected chi connectivity index (χ2v) is 6.40. The smallest absolute Gasteiger partial charge is 0.255 e. The van der Waals surface area contributed by atoms with Crippen LogP contribution < -0.4 is 9.47 Å². The van der Waals surface area contributed by atoms with Gasteiger partial charge >= 0.3 is 0 Å². The SMILES string of the molecule is CCN(Cc1cccc2c1OCCO2)C(=O)c1ccccc1I. The molecule has 23 heavy (non-hydrogen) atoms.